The Morgan fingerprint density at radius 1 is 0.724 bits per heavy atom. The average molecular weight is 418 g/mol. The molecule has 0 radical (unpaired) electrons. The minimum absolute atomic E-state index is 0. The smallest absolute Gasteiger partial charge is 0.227 e. The molecule has 0 saturated carbocycles. The van der Waals surface area contributed by atoms with Crippen molar-refractivity contribution in [2.75, 3.05) is 20.1 Å². The van der Waals surface area contributed by atoms with E-state index in [1.807, 2.05) is 46.4 Å². The fraction of sp³-hybridized carbons (Fsp3) is 0.870. The molecule has 3 amide bonds. The van der Waals surface area contributed by atoms with Crippen molar-refractivity contribution < 1.29 is 14.4 Å². The Morgan fingerprint density at radius 3 is 1.24 bits per heavy atom. The van der Waals surface area contributed by atoms with Crippen LogP contribution >= 0.6 is 0 Å². The molecule has 176 valence electrons. The second kappa shape index (κ2) is 14.4. The molecule has 1 saturated heterocycles. The summed E-state index contributed by atoms with van der Waals surface area (Å²) in [6.45, 7) is 18.9. The fourth-order valence-electron chi connectivity index (χ4n) is 1.95. The summed E-state index contributed by atoms with van der Waals surface area (Å²) in [5, 5.41) is 2.57. The molecule has 1 fully saturated rings. The van der Waals surface area contributed by atoms with Gasteiger partial charge in [0.25, 0.3) is 0 Å². The van der Waals surface area contributed by atoms with Crippen LogP contribution < -0.4 is 11.1 Å². The van der Waals surface area contributed by atoms with Crippen LogP contribution in [0.1, 0.15) is 96.4 Å². The van der Waals surface area contributed by atoms with Gasteiger partial charge in [-0.15, -0.1) is 0 Å². The van der Waals surface area contributed by atoms with E-state index < -0.39 is 0 Å². The average Bonchev–Trinajstić information content (AvgIpc) is 2.52. The molecule has 1 aliphatic rings. The van der Waals surface area contributed by atoms with Crippen molar-refractivity contribution in [1.82, 2.24) is 10.2 Å². The lowest BCUT2D eigenvalue weighted by Crippen LogP contribution is -2.42. The third kappa shape index (κ3) is 17.0. The van der Waals surface area contributed by atoms with E-state index in [4.69, 9.17) is 5.73 Å². The molecule has 0 atom stereocenters. The molecule has 1 aliphatic heterocycles. The monoisotopic (exact) mass is 417 g/mol. The third-order valence-electron chi connectivity index (χ3n) is 3.93. The number of primary amides is 1. The zero-order valence-electron chi connectivity index (χ0n) is 19.3. The van der Waals surface area contributed by atoms with Crippen LogP contribution in [0.25, 0.3) is 0 Å². The highest BCUT2D eigenvalue weighted by Crippen LogP contribution is 2.20. The van der Waals surface area contributed by atoms with Crippen LogP contribution in [0.4, 0.5) is 0 Å². The van der Waals surface area contributed by atoms with Gasteiger partial charge >= 0.3 is 0 Å². The van der Waals surface area contributed by atoms with Crippen molar-refractivity contribution in [3.8, 4) is 0 Å². The van der Waals surface area contributed by atoms with Gasteiger partial charge in [0.05, 0.1) is 0 Å². The lowest BCUT2D eigenvalue weighted by Gasteiger charge is -2.32. The van der Waals surface area contributed by atoms with Gasteiger partial charge in [-0.05, 0) is 19.3 Å². The number of carbonyl (C=O) groups is 3. The predicted octanol–water partition coefficient (Wildman–Crippen LogP) is 4.61. The summed E-state index contributed by atoms with van der Waals surface area (Å²) in [6.07, 6.45) is 3.65. The lowest BCUT2D eigenvalue weighted by molar-refractivity contribution is -0.140. The molecule has 1 rings (SSSR count). The molecule has 0 aromatic heterocycles. The first-order valence-corrected chi connectivity index (χ1v) is 9.76. The van der Waals surface area contributed by atoms with Crippen molar-refractivity contribution in [1.29, 1.82) is 0 Å². The molecule has 0 aromatic carbocycles. The van der Waals surface area contributed by atoms with Gasteiger partial charge in [0, 0.05) is 36.4 Å². The first kappa shape index (κ1) is 34.9. The van der Waals surface area contributed by atoms with Crippen molar-refractivity contribution in [2.45, 2.75) is 96.4 Å². The molecule has 0 aromatic rings. The highest BCUT2D eigenvalue weighted by atomic mass is 16.2. The molecule has 0 aliphatic carbocycles. The van der Waals surface area contributed by atoms with Gasteiger partial charge in [-0.25, -0.2) is 0 Å². The Kier molecular flexibility index (Phi) is 17.3. The molecule has 6 nitrogen and oxygen atoms in total. The van der Waals surface area contributed by atoms with Crippen molar-refractivity contribution in [3.05, 3.63) is 0 Å². The maximum Gasteiger partial charge on any atom is 0.227 e. The van der Waals surface area contributed by atoms with Crippen LogP contribution in [-0.2, 0) is 14.4 Å². The normalized spacial score (nSPS) is 13.8. The molecular weight excluding hydrogens is 366 g/mol. The number of likely N-dealkylation sites (tertiary alicyclic amines) is 1. The van der Waals surface area contributed by atoms with E-state index in [-0.39, 0.29) is 42.9 Å². The number of nitrogens with two attached hydrogens (primary N) is 1. The third-order valence-corrected chi connectivity index (χ3v) is 3.93. The van der Waals surface area contributed by atoms with Gasteiger partial charge in [0.2, 0.25) is 17.7 Å². The van der Waals surface area contributed by atoms with E-state index in [1.54, 1.807) is 27.8 Å². The first-order chi connectivity index (χ1) is 11.9. The molecule has 29 heavy (non-hydrogen) atoms. The minimum atomic E-state index is -0.361. The highest BCUT2D eigenvalue weighted by Gasteiger charge is 2.27. The summed E-state index contributed by atoms with van der Waals surface area (Å²) in [5.74, 6) is 0.132. The summed E-state index contributed by atoms with van der Waals surface area (Å²) in [6, 6.07) is 0. The van der Waals surface area contributed by atoms with Crippen LogP contribution in [0.3, 0.4) is 0 Å². The van der Waals surface area contributed by atoms with Crippen LogP contribution in [0.5, 0.6) is 0 Å². The van der Waals surface area contributed by atoms with Crippen molar-refractivity contribution in [2.24, 2.45) is 22.0 Å². The van der Waals surface area contributed by atoms with Crippen LogP contribution in [0, 0.1) is 16.2 Å². The van der Waals surface area contributed by atoms with Gasteiger partial charge in [-0.1, -0.05) is 77.2 Å². The number of hydrogen-bond donors (Lipinski definition) is 2. The van der Waals surface area contributed by atoms with Crippen molar-refractivity contribution >= 4 is 17.7 Å². The molecule has 3 N–H and O–H groups in total. The molecule has 1 heterocycles. The lowest BCUT2D eigenvalue weighted by atomic mass is 9.93. The molecule has 0 unspecified atom stereocenters. The Morgan fingerprint density at radius 2 is 1.07 bits per heavy atom. The number of amides is 3. The molecule has 0 spiro atoms. The van der Waals surface area contributed by atoms with Gasteiger partial charge in [-0.2, -0.15) is 0 Å². The molecule has 0 bridgehead atoms. The van der Waals surface area contributed by atoms with E-state index in [0.29, 0.717) is 5.91 Å². The summed E-state index contributed by atoms with van der Waals surface area (Å²) < 4.78 is 0. The van der Waals surface area contributed by atoms with E-state index >= 15 is 0 Å². The zero-order chi connectivity index (χ0) is 22.1. The number of nitrogens with one attached hydrogen (secondary N) is 1. The number of rotatable bonds is 0. The molecular formula is C23H51N3O3. The van der Waals surface area contributed by atoms with Crippen LogP contribution in [-0.4, -0.2) is 42.8 Å². The summed E-state index contributed by atoms with van der Waals surface area (Å²) in [5.41, 5.74) is 4.13. The van der Waals surface area contributed by atoms with Gasteiger partial charge < -0.3 is 16.0 Å². The topological polar surface area (TPSA) is 92.5 Å². The Balaban J connectivity index is -0.000000164. The fourth-order valence-corrected chi connectivity index (χ4v) is 1.95. The maximum absolute atomic E-state index is 11.7. The summed E-state index contributed by atoms with van der Waals surface area (Å²) >= 11 is 0. The van der Waals surface area contributed by atoms with E-state index in [9.17, 15) is 14.4 Å². The molecule has 6 heteroatoms. The second-order valence-electron chi connectivity index (χ2n) is 10.0. The minimum Gasteiger partial charge on any atom is -0.369 e. The zero-order valence-corrected chi connectivity index (χ0v) is 19.3. The summed E-state index contributed by atoms with van der Waals surface area (Å²) in [7, 11) is 1.65. The highest BCUT2D eigenvalue weighted by molar-refractivity contribution is 5.81. The quantitative estimate of drug-likeness (QED) is 0.602. The van der Waals surface area contributed by atoms with Gasteiger partial charge in [-0.3, -0.25) is 14.4 Å². The Bertz CT molecular complexity index is 475. The van der Waals surface area contributed by atoms with Crippen LogP contribution in [0.15, 0.2) is 0 Å². The maximum atomic E-state index is 11.7. The van der Waals surface area contributed by atoms with Crippen molar-refractivity contribution in [3.63, 3.8) is 0 Å². The SMILES string of the molecule is C.C.CC(C)(C)C(=O)N1CCCCC1.CC(C)(C)C(N)=O.CNC(=O)C(C)(C)C. The first-order valence-electron chi connectivity index (χ1n) is 9.76. The Labute approximate surface area is 181 Å². The van der Waals surface area contributed by atoms with E-state index in [2.05, 4.69) is 5.32 Å². The van der Waals surface area contributed by atoms with Gasteiger partial charge in [0.15, 0.2) is 0 Å². The number of nitrogens with zero attached hydrogens (tertiary/aromatic N) is 1. The number of hydrogen-bond acceptors (Lipinski definition) is 3. The second-order valence-corrected chi connectivity index (χ2v) is 10.0. The largest absolute Gasteiger partial charge is 0.369 e. The van der Waals surface area contributed by atoms with E-state index in [1.165, 1.54) is 19.3 Å². The summed E-state index contributed by atoms with van der Waals surface area (Å²) in [4.78, 5) is 34.7. The number of piperidine rings is 1. The predicted molar refractivity (Wildman–Crippen MR) is 126 cm³/mol. The standard InChI is InChI=1S/C10H19NO.C6H13NO.C5H11NO.2CH4/c1-10(2,3)9(12)11-7-5-4-6-8-11;1-6(2,3)5(8)7-4;1-5(2,3)4(6)7;;/h4-8H2,1-3H3;1-4H3,(H,7,8);1-3H3,(H2,6,7);2*1H4. The van der Waals surface area contributed by atoms with Gasteiger partial charge in [0.1, 0.15) is 0 Å². The van der Waals surface area contributed by atoms with Crippen LogP contribution in [0.2, 0.25) is 0 Å². The number of carbonyl (C=O) groups excluding carboxylic acids is 3. The Hall–Kier alpha value is -1.59. The van der Waals surface area contributed by atoms with E-state index in [0.717, 1.165) is 13.1 Å².